The van der Waals surface area contributed by atoms with Crippen LogP contribution in [-0.2, 0) is 11.3 Å². The molecule has 3 heterocycles. The van der Waals surface area contributed by atoms with Crippen molar-refractivity contribution >= 4 is 29.6 Å². The van der Waals surface area contributed by atoms with E-state index in [0.717, 1.165) is 5.56 Å². The Kier molecular flexibility index (Phi) is 4.39. The summed E-state index contributed by atoms with van der Waals surface area (Å²) in [4.78, 5) is 46.4. The summed E-state index contributed by atoms with van der Waals surface area (Å²) >= 11 is 0. The largest absolute Gasteiger partial charge is 0.497 e. The minimum atomic E-state index is -1.66. The highest BCUT2D eigenvalue weighted by molar-refractivity contribution is 6.10. The molecular formula is C19H17N7O4. The zero-order valence-electron chi connectivity index (χ0n) is 15.9. The maximum atomic E-state index is 12.9. The topological polar surface area (TPSA) is 166 Å². The van der Waals surface area contributed by atoms with Crippen LogP contribution in [0.4, 0.5) is 16.6 Å². The minimum Gasteiger partial charge on any atom is -0.497 e. The summed E-state index contributed by atoms with van der Waals surface area (Å²) in [6.07, 6.45) is 1.32. The van der Waals surface area contributed by atoms with Crippen LogP contribution in [0.2, 0.25) is 0 Å². The Hall–Kier alpha value is -4.33. The van der Waals surface area contributed by atoms with Gasteiger partial charge in [-0.05, 0) is 17.7 Å². The highest BCUT2D eigenvalue weighted by atomic mass is 16.5. The first-order valence-corrected chi connectivity index (χ1v) is 8.82. The number of hydrogen-bond donors (Lipinski definition) is 4. The first-order chi connectivity index (χ1) is 14.3. The van der Waals surface area contributed by atoms with Gasteiger partial charge in [-0.3, -0.25) is 14.9 Å². The second-order valence-electron chi connectivity index (χ2n) is 6.77. The number of aromatic nitrogens is 2. The fraction of sp³-hybridized carbons (Fsp3) is 0.211. The third kappa shape index (κ3) is 3.20. The van der Waals surface area contributed by atoms with Gasteiger partial charge in [0.2, 0.25) is 11.5 Å². The Bertz CT molecular complexity index is 1150. The molecule has 1 unspecified atom stereocenters. The Labute approximate surface area is 170 Å². The van der Waals surface area contributed by atoms with Crippen molar-refractivity contribution in [3.8, 4) is 17.6 Å². The molecule has 2 aliphatic rings. The maximum absolute atomic E-state index is 12.9. The highest BCUT2D eigenvalue weighted by Crippen LogP contribution is 2.28. The number of benzene rings is 1. The summed E-state index contributed by atoms with van der Waals surface area (Å²) in [6, 6.07) is 4.46. The van der Waals surface area contributed by atoms with Gasteiger partial charge in [-0.2, -0.15) is 4.98 Å². The molecule has 4 rings (SSSR count). The molecule has 30 heavy (non-hydrogen) atoms. The van der Waals surface area contributed by atoms with Crippen molar-refractivity contribution in [3.63, 3.8) is 0 Å². The van der Waals surface area contributed by atoms with E-state index in [-0.39, 0.29) is 36.3 Å². The van der Waals surface area contributed by atoms with Crippen LogP contribution in [0.25, 0.3) is 0 Å². The van der Waals surface area contributed by atoms with Gasteiger partial charge in [0.15, 0.2) is 0 Å². The van der Waals surface area contributed by atoms with E-state index in [2.05, 4.69) is 32.4 Å². The van der Waals surface area contributed by atoms with Crippen molar-refractivity contribution < 1.29 is 19.1 Å². The molecule has 2 aromatic rings. The number of urea groups is 1. The van der Waals surface area contributed by atoms with Crippen LogP contribution in [-0.4, -0.2) is 51.9 Å². The number of imide groups is 1. The number of methoxy groups -OCH3 is 1. The van der Waals surface area contributed by atoms with Gasteiger partial charge in [-0.1, -0.05) is 17.9 Å². The zero-order valence-corrected chi connectivity index (χ0v) is 15.9. The summed E-state index contributed by atoms with van der Waals surface area (Å²) in [6.45, 7) is 0.0982. The molecule has 152 valence electrons. The van der Waals surface area contributed by atoms with Gasteiger partial charge in [-0.15, -0.1) is 0 Å². The van der Waals surface area contributed by atoms with Gasteiger partial charge >= 0.3 is 6.03 Å². The summed E-state index contributed by atoms with van der Waals surface area (Å²) in [7, 11) is 1.51. The van der Waals surface area contributed by atoms with Crippen LogP contribution in [0.1, 0.15) is 21.5 Å². The van der Waals surface area contributed by atoms with Gasteiger partial charge in [0.05, 0.1) is 25.4 Å². The maximum Gasteiger partial charge on any atom is 0.323 e. The standard InChI is InChI=1S/C19H17N7O4/c1-30-12-3-2-11-8-26(15(27)13(11)6-12)9-19(16(28)24-18(29)25-19)5-4-10-7-22-17(21)23-14(10)20/h2-3,6-7H,8-9H2,1H3,(H4,20,21,22,23)(H2,24,25,28,29). The van der Waals surface area contributed by atoms with Crippen LogP contribution in [0.15, 0.2) is 24.4 Å². The molecule has 1 atom stereocenters. The molecule has 11 heteroatoms. The molecule has 1 saturated heterocycles. The number of hydrogen-bond acceptors (Lipinski definition) is 8. The Morgan fingerprint density at radius 1 is 1.30 bits per heavy atom. The third-order valence-electron chi connectivity index (χ3n) is 4.81. The molecule has 4 amide bonds. The van der Waals surface area contributed by atoms with Crippen molar-refractivity contribution in [2.75, 3.05) is 25.1 Å². The summed E-state index contributed by atoms with van der Waals surface area (Å²) in [5, 5.41) is 4.68. The lowest BCUT2D eigenvalue weighted by Crippen LogP contribution is -2.54. The predicted molar refractivity (Wildman–Crippen MR) is 105 cm³/mol. The number of rotatable bonds is 3. The molecule has 0 bridgehead atoms. The van der Waals surface area contributed by atoms with Crippen molar-refractivity contribution in [1.82, 2.24) is 25.5 Å². The number of nitrogens with one attached hydrogen (secondary N) is 2. The van der Waals surface area contributed by atoms with Crippen LogP contribution < -0.4 is 26.8 Å². The summed E-state index contributed by atoms with van der Waals surface area (Å²) in [5.74, 6) is 5.04. The number of nitrogens with zero attached hydrogens (tertiary/aromatic N) is 3. The predicted octanol–water partition coefficient (Wildman–Crippen LogP) is -0.765. The Balaban J connectivity index is 1.66. The van der Waals surface area contributed by atoms with E-state index in [0.29, 0.717) is 11.3 Å². The van der Waals surface area contributed by atoms with E-state index >= 15 is 0 Å². The lowest BCUT2D eigenvalue weighted by atomic mass is 9.99. The van der Waals surface area contributed by atoms with Gasteiger partial charge < -0.3 is 26.4 Å². The zero-order chi connectivity index (χ0) is 21.5. The fourth-order valence-corrected chi connectivity index (χ4v) is 3.29. The van der Waals surface area contributed by atoms with Crippen molar-refractivity contribution in [2.24, 2.45) is 0 Å². The van der Waals surface area contributed by atoms with Gasteiger partial charge in [0.1, 0.15) is 11.6 Å². The number of carbonyl (C=O) groups excluding carboxylic acids is 3. The van der Waals surface area contributed by atoms with Crippen LogP contribution >= 0.6 is 0 Å². The number of nitrogen functional groups attached to an aromatic ring is 2. The first-order valence-electron chi connectivity index (χ1n) is 8.82. The summed E-state index contributed by atoms with van der Waals surface area (Å²) < 4.78 is 5.17. The van der Waals surface area contributed by atoms with Crippen LogP contribution in [0, 0.1) is 11.8 Å². The molecule has 2 aliphatic heterocycles. The molecule has 6 N–H and O–H groups in total. The van der Waals surface area contributed by atoms with E-state index in [1.54, 1.807) is 18.2 Å². The molecular weight excluding hydrogens is 390 g/mol. The SMILES string of the molecule is COc1ccc2c(c1)C(=O)N(CC1(C#Cc3cnc(N)nc3N)NC(=O)NC1=O)C2. The van der Waals surface area contributed by atoms with Gasteiger partial charge in [0, 0.05) is 12.1 Å². The van der Waals surface area contributed by atoms with E-state index < -0.39 is 17.5 Å². The smallest absolute Gasteiger partial charge is 0.323 e. The average Bonchev–Trinajstić information content (AvgIpc) is 3.16. The molecule has 11 nitrogen and oxygen atoms in total. The summed E-state index contributed by atoms with van der Waals surface area (Å²) in [5.41, 5.74) is 11.1. The molecule has 1 fully saturated rings. The van der Waals surface area contributed by atoms with Crippen LogP contribution in [0.5, 0.6) is 5.75 Å². The lowest BCUT2D eigenvalue weighted by Gasteiger charge is -2.26. The Morgan fingerprint density at radius 2 is 2.10 bits per heavy atom. The van der Waals surface area contributed by atoms with E-state index in [9.17, 15) is 14.4 Å². The van der Waals surface area contributed by atoms with Crippen molar-refractivity contribution in [2.45, 2.75) is 12.1 Å². The van der Waals surface area contributed by atoms with Crippen molar-refractivity contribution in [3.05, 3.63) is 41.1 Å². The molecule has 1 aromatic heterocycles. The number of fused-ring (bicyclic) bond motifs is 1. The number of anilines is 2. The van der Waals surface area contributed by atoms with E-state index in [1.807, 2.05) is 0 Å². The second-order valence-corrected chi connectivity index (χ2v) is 6.77. The normalized spacial score (nSPS) is 19.6. The van der Waals surface area contributed by atoms with Gasteiger partial charge in [0.25, 0.3) is 11.8 Å². The van der Waals surface area contributed by atoms with E-state index in [4.69, 9.17) is 16.2 Å². The fourth-order valence-electron chi connectivity index (χ4n) is 3.29. The van der Waals surface area contributed by atoms with E-state index in [1.165, 1.54) is 18.2 Å². The molecule has 0 aliphatic carbocycles. The minimum absolute atomic E-state index is 0.0180. The molecule has 0 radical (unpaired) electrons. The quantitative estimate of drug-likeness (QED) is 0.380. The number of amides is 4. The number of nitrogens with two attached hydrogens (primary N) is 2. The first kappa shape index (κ1) is 19.0. The average molecular weight is 407 g/mol. The molecule has 0 spiro atoms. The third-order valence-corrected chi connectivity index (χ3v) is 4.81. The lowest BCUT2D eigenvalue weighted by molar-refractivity contribution is -0.122. The molecule has 0 saturated carbocycles. The monoisotopic (exact) mass is 407 g/mol. The van der Waals surface area contributed by atoms with Crippen molar-refractivity contribution in [1.29, 1.82) is 0 Å². The number of carbonyl (C=O) groups is 3. The van der Waals surface area contributed by atoms with Crippen LogP contribution in [0.3, 0.4) is 0 Å². The second kappa shape index (κ2) is 6.93. The van der Waals surface area contributed by atoms with Gasteiger partial charge in [-0.25, -0.2) is 9.78 Å². The number of ether oxygens (including phenoxy) is 1. The molecule has 1 aromatic carbocycles. The Morgan fingerprint density at radius 3 is 2.77 bits per heavy atom. The highest BCUT2D eigenvalue weighted by Gasteiger charge is 2.48.